The van der Waals surface area contributed by atoms with Crippen LogP contribution in [0, 0.1) is 17.3 Å². The molecule has 2 saturated carbocycles. The van der Waals surface area contributed by atoms with E-state index >= 15 is 0 Å². The second-order valence-electron chi connectivity index (χ2n) is 7.81. The maximum Gasteiger partial charge on any atom is 0.408 e. The minimum Gasteiger partial charge on any atom is -0.464 e. The molecule has 2 fully saturated rings. The molecule has 142 valence electrons. The molecule has 2 aliphatic carbocycles. The first-order valence-corrected chi connectivity index (χ1v) is 9.67. The molecule has 0 spiro atoms. The summed E-state index contributed by atoms with van der Waals surface area (Å²) in [5.41, 5.74) is 1.04. The second kappa shape index (κ2) is 8.11. The summed E-state index contributed by atoms with van der Waals surface area (Å²) < 4.78 is 10.6. The molecule has 1 unspecified atom stereocenters. The average Bonchev–Trinajstić information content (AvgIpc) is 3.34. The van der Waals surface area contributed by atoms with Gasteiger partial charge in [-0.15, -0.1) is 0 Å². The van der Waals surface area contributed by atoms with Gasteiger partial charge >= 0.3 is 12.1 Å². The first kappa shape index (κ1) is 18.7. The van der Waals surface area contributed by atoms with Crippen LogP contribution < -0.4 is 5.32 Å². The van der Waals surface area contributed by atoms with Gasteiger partial charge in [0.2, 0.25) is 0 Å². The van der Waals surface area contributed by atoms with Crippen LogP contribution in [0.4, 0.5) is 4.79 Å². The highest BCUT2D eigenvalue weighted by atomic mass is 16.6. The molecule has 1 amide bonds. The third-order valence-corrected chi connectivity index (χ3v) is 5.89. The van der Waals surface area contributed by atoms with Crippen molar-refractivity contribution in [2.45, 2.75) is 58.6 Å². The highest BCUT2D eigenvalue weighted by Crippen LogP contribution is 2.58. The molecule has 2 atom stereocenters. The maximum atomic E-state index is 12.6. The van der Waals surface area contributed by atoms with E-state index in [9.17, 15) is 9.59 Å². The summed E-state index contributed by atoms with van der Waals surface area (Å²) in [7, 11) is 0. The van der Waals surface area contributed by atoms with Crippen LogP contribution in [-0.4, -0.2) is 24.7 Å². The van der Waals surface area contributed by atoms with Crippen LogP contribution in [0.1, 0.15) is 51.5 Å². The van der Waals surface area contributed by atoms with Gasteiger partial charge in [-0.25, -0.2) is 9.59 Å². The Kier molecular flexibility index (Phi) is 5.84. The zero-order valence-electron chi connectivity index (χ0n) is 15.7. The number of hydrogen-bond acceptors (Lipinski definition) is 4. The predicted molar refractivity (Wildman–Crippen MR) is 98.4 cm³/mol. The van der Waals surface area contributed by atoms with E-state index in [1.807, 2.05) is 30.3 Å². The summed E-state index contributed by atoms with van der Waals surface area (Å²) in [5, 5.41) is 2.83. The normalized spacial score (nSPS) is 20.4. The number of carbonyl (C=O) groups is 2. The van der Waals surface area contributed by atoms with E-state index in [1.54, 1.807) is 6.92 Å². The number of rotatable bonds is 8. The van der Waals surface area contributed by atoms with E-state index in [0.29, 0.717) is 12.5 Å². The van der Waals surface area contributed by atoms with E-state index in [4.69, 9.17) is 9.47 Å². The molecule has 0 aromatic heterocycles. The molecule has 1 N–H and O–H groups in total. The third kappa shape index (κ3) is 4.37. The molecular weight excluding hydrogens is 330 g/mol. The zero-order valence-corrected chi connectivity index (χ0v) is 15.7. The Labute approximate surface area is 155 Å². The van der Waals surface area contributed by atoms with Crippen molar-refractivity contribution in [3.8, 4) is 0 Å². The Balaban J connectivity index is 1.67. The Morgan fingerprint density at radius 3 is 2.42 bits per heavy atom. The molecule has 0 aliphatic heterocycles. The van der Waals surface area contributed by atoms with Gasteiger partial charge in [0, 0.05) is 0 Å². The van der Waals surface area contributed by atoms with Crippen molar-refractivity contribution < 1.29 is 19.1 Å². The fourth-order valence-electron chi connectivity index (χ4n) is 3.99. The van der Waals surface area contributed by atoms with Gasteiger partial charge in [0.1, 0.15) is 12.6 Å². The molecule has 1 aromatic rings. The van der Waals surface area contributed by atoms with Gasteiger partial charge in [-0.2, -0.15) is 0 Å². The summed E-state index contributed by atoms with van der Waals surface area (Å²) in [5.74, 6) is 0.264. The lowest BCUT2D eigenvalue weighted by Gasteiger charge is -2.41. The van der Waals surface area contributed by atoms with Gasteiger partial charge in [-0.3, -0.25) is 0 Å². The Morgan fingerprint density at radius 1 is 1.19 bits per heavy atom. The maximum absolute atomic E-state index is 12.6. The van der Waals surface area contributed by atoms with Crippen molar-refractivity contribution in [2.75, 3.05) is 6.61 Å². The first-order valence-electron chi connectivity index (χ1n) is 9.67. The number of benzene rings is 1. The summed E-state index contributed by atoms with van der Waals surface area (Å²) in [6.45, 7) is 4.51. The first-order chi connectivity index (χ1) is 12.5. The number of amides is 1. The SMILES string of the molecule is CCOC(=O)[C@@H](NC(=O)OCc1ccccc1)C(C1CCC1)C1(C)CC1. The van der Waals surface area contributed by atoms with Crippen molar-refractivity contribution in [3.05, 3.63) is 35.9 Å². The number of ether oxygens (including phenoxy) is 2. The Bertz CT molecular complexity index is 622. The van der Waals surface area contributed by atoms with E-state index in [-0.39, 0.29) is 23.9 Å². The number of hydrogen-bond donors (Lipinski definition) is 1. The lowest BCUT2D eigenvalue weighted by Crippen LogP contribution is -2.52. The minimum atomic E-state index is -0.629. The number of carbonyl (C=O) groups excluding carboxylic acids is 2. The average molecular weight is 359 g/mol. The number of nitrogens with one attached hydrogen (secondary N) is 1. The fraction of sp³-hybridized carbons (Fsp3) is 0.619. The highest BCUT2D eigenvalue weighted by Gasteiger charge is 2.54. The van der Waals surface area contributed by atoms with Gasteiger partial charge in [-0.1, -0.05) is 56.5 Å². The van der Waals surface area contributed by atoms with Crippen LogP contribution in [0.3, 0.4) is 0 Å². The Hall–Kier alpha value is -2.04. The van der Waals surface area contributed by atoms with Crippen molar-refractivity contribution in [1.29, 1.82) is 0 Å². The van der Waals surface area contributed by atoms with Gasteiger partial charge in [0.15, 0.2) is 0 Å². The van der Waals surface area contributed by atoms with Gasteiger partial charge in [0.05, 0.1) is 6.61 Å². The molecule has 3 rings (SSSR count). The van der Waals surface area contributed by atoms with Crippen molar-refractivity contribution in [2.24, 2.45) is 17.3 Å². The molecule has 0 bridgehead atoms. The Morgan fingerprint density at radius 2 is 1.88 bits per heavy atom. The summed E-state index contributed by atoms with van der Waals surface area (Å²) in [4.78, 5) is 25.0. The second-order valence-corrected chi connectivity index (χ2v) is 7.81. The van der Waals surface area contributed by atoms with Gasteiger partial charge in [-0.05, 0) is 42.6 Å². The molecule has 26 heavy (non-hydrogen) atoms. The molecular formula is C21H29NO4. The summed E-state index contributed by atoms with van der Waals surface area (Å²) >= 11 is 0. The van der Waals surface area contributed by atoms with E-state index in [0.717, 1.165) is 31.2 Å². The van der Waals surface area contributed by atoms with Crippen molar-refractivity contribution >= 4 is 12.1 Å². The lowest BCUT2D eigenvalue weighted by atomic mass is 9.66. The number of esters is 1. The van der Waals surface area contributed by atoms with E-state index in [2.05, 4.69) is 12.2 Å². The van der Waals surface area contributed by atoms with Crippen LogP contribution in [0.25, 0.3) is 0 Å². The standard InChI is InChI=1S/C21H29NO4/c1-3-25-19(23)18(17(16-10-7-11-16)21(2)12-13-21)22-20(24)26-14-15-8-5-4-6-9-15/h4-6,8-9,16-18H,3,7,10-14H2,1-2H3,(H,22,24)/t17?,18-/m0/s1. The zero-order chi connectivity index (χ0) is 18.6. The van der Waals surface area contributed by atoms with E-state index < -0.39 is 12.1 Å². The minimum absolute atomic E-state index is 0.120. The number of alkyl carbamates (subject to hydrolysis) is 1. The molecule has 0 heterocycles. The lowest BCUT2D eigenvalue weighted by molar-refractivity contribution is -0.149. The van der Waals surface area contributed by atoms with Crippen LogP contribution in [0.15, 0.2) is 30.3 Å². The van der Waals surface area contributed by atoms with Crippen LogP contribution >= 0.6 is 0 Å². The predicted octanol–water partition coefficient (Wildman–Crippen LogP) is 4.06. The quantitative estimate of drug-likeness (QED) is 0.711. The molecule has 5 heteroatoms. The van der Waals surface area contributed by atoms with Crippen LogP contribution in [0.2, 0.25) is 0 Å². The summed E-state index contributed by atoms with van der Waals surface area (Å²) in [6, 6.07) is 8.89. The van der Waals surface area contributed by atoms with Gasteiger partial charge < -0.3 is 14.8 Å². The summed E-state index contributed by atoms with van der Waals surface area (Å²) in [6.07, 6.45) is 5.09. The topological polar surface area (TPSA) is 64.6 Å². The molecule has 1 aromatic carbocycles. The molecule has 0 radical (unpaired) electrons. The smallest absolute Gasteiger partial charge is 0.408 e. The third-order valence-electron chi connectivity index (χ3n) is 5.89. The molecule has 2 aliphatic rings. The monoisotopic (exact) mass is 359 g/mol. The van der Waals surface area contributed by atoms with Crippen LogP contribution in [0.5, 0.6) is 0 Å². The highest BCUT2D eigenvalue weighted by molar-refractivity contribution is 5.82. The van der Waals surface area contributed by atoms with Crippen LogP contribution in [-0.2, 0) is 20.9 Å². The largest absolute Gasteiger partial charge is 0.464 e. The van der Waals surface area contributed by atoms with Gasteiger partial charge in [0.25, 0.3) is 0 Å². The van der Waals surface area contributed by atoms with E-state index in [1.165, 1.54) is 6.42 Å². The molecule has 5 nitrogen and oxygen atoms in total. The molecule has 0 saturated heterocycles. The van der Waals surface area contributed by atoms with Crippen molar-refractivity contribution in [3.63, 3.8) is 0 Å². The van der Waals surface area contributed by atoms with Crippen molar-refractivity contribution in [1.82, 2.24) is 5.32 Å². The fourth-order valence-corrected chi connectivity index (χ4v) is 3.99.